The summed E-state index contributed by atoms with van der Waals surface area (Å²) in [6.45, 7) is 6.01. The summed E-state index contributed by atoms with van der Waals surface area (Å²) in [5.41, 5.74) is 4.69. The first-order chi connectivity index (χ1) is 18.5. The number of fused-ring (bicyclic) bond motifs is 6. The number of nitrogens with zero attached hydrogens (tertiary/aromatic N) is 2. The van der Waals surface area contributed by atoms with Crippen molar-refractivity contribution in [1.82, 2.24) is 0 Å². The quantitative estimate of drug-likeness (QED) is 0.266. The van der Waals surface area contributed by atoms with Crippen LogP contribution in [0.15, 0.2) is 84.9 Å². The van der Waals surface area contributed by atoms with Crippen molar-refractivity contribution in [2.45, 2.75) is 19.4 Å². The highest BCUT2D eigenvalue weighted by molar-refractivity contribution is 5.97. The molecule has 1 unspecified atom stereocenters. The molecule has 38 heavy (non-hydrogen) atoms. The lowest BCUT2D eigenvalue weighted by molar-refractivity contribution is 0.0224. The maximum absolute atomic E-state index is 13.3. The minimum Gasteiger partial charge on any atom is -0.494 e. The van der Waals surface area contributed by atoms with Crippen LogP contribution in [0.3, 0.4) is 0 Å². The molecular formula is C32H30N2O4. The molecule has 6 rings (SSSR count). The van der Waals surface area contributed by atoms with E-state index >= 15 is 0 Å². The zero-order valence-corrected chi connectivity index (χ0v) is 22.0. The maximum atomic E-state index is 13.3. The van der Waals surface area contributed by atoms with Gasteiger partial charge in [0.25, 0.3) is 0 Å². The van der Waals surface area contributed by atoms with Crippen LogP contribution in [0, 0.1) is 0 Å². The minimum absolute atomic E-state index is 0.346. The van der Waals surface area contributed by atoms with Crippen LogP contribution in [0.4, 0.5) is 17.1 Å². The summed E-state index contributed by atoms with van der Waals surface area (Å²) in [6.07, 6.45) is 0. The van der Waals surface area contributed by atoms with Gasteiger partial charge in [0, 0.05) is 60.3 Å². The van der Waals surface area contributed by atoms with Gasteiger partial charge in [-0.2, -0.15) is 0 Å². The van der Waals surface area contributed by atoms with E-state index in [1.807, 2.05) is 85.9 Å². The molecule has 0 saturated carbocycles. The fraction of sp³-hybridized carbons (Fsp3) is 0.219. The summed E-state index contributed by atoms with van der Waals surface area (Å²) in [4.78, 5) is 17.6. The Morgan fingerprint density at radius 3 is 2.24 bits per heavy atom. The molecule has 0 bridgehead atoms. The Labute approximate surface area is 223 Å². The first-order valence-corrected chi connectivity index (χ1v) is 12.9. The van der Waals surface area contributed by atoms with Crippen LogP contribution < -0.4 is 19.3 Å². The van der Waals surface area contributed by atoms with Crippen molar-refractivity contribution >= 4 is 23.0 Å². The number of para-hydroxylation sites is 1. The van der Waals surface area contributed by atoms with Gasteiger partial charge in [0.15, 0.2) is 5.60 Å². The Balaban J connectivity index is 1.62. The molecule has 0 fully saturated rings. The highest BCUT2D eigenvalue weighted by Crippen LogP contribution is 2.58. The second-order valence-corrected chi connectivity index (χ2v) is 9.49. The summed E-state index contributed by atoms with van der Waals surface area (Å²) < 4.78 is 18.8. The average Bonchev–Trinajstić information content (AvgIpc) is 3.26. The van der Waals surface area contributed by atoms with E-state index in [1.54, 1.807) is 7.11 Å². The van der Waals surface area contributed by atoms with Crippen molar-refractivity contribution in [3.05, 3.63) is 107 Å². The van der Waals surface area contributed by atoms with E-state index in [2.05, 4.69) is 29.7 Å². The molecule has 1 atom stereocenters. The standard InChI is InChI=1S/C32H30N2O4/c1-5-34(6-2)22-16-17-25-28(18-22)37-29-20-30(36-4)27(33(3)21-12-8-7-9-13-21)19-26(29)32(25)24-15-11-10-14-23(24)31(35)38-32/h7-20H,5-6H2,1-4H3. The summed E-state index contributed by atoms with van der Waals surface area (Å²) in [6, 6.07) is 27.8. The zero-order chi connectivity index (χ0) is 26.4. The molecular weight excluding hydrogens is 476 g/mol. The monoisotopic (exact) mass is 506 g/mol. The number of methoxy groups -OCH3 is 1. The molecule has 2 heterocycles. The molecule has 2 aliphatic heterocycles. The van der Waals surface area contributed by atoms with Gasteiger partial charge in [0.05, 0.1) is 18.4 Å². The fourth-order valence-corrected chi connectivity index (χ4v) is 5.68. The number of ether oxygens (including phenoxy) is 3. The Bertz CT molecular complexity index is 1530. The first kappa shape index (κ1) is 23.9. The van der Waals surface area contributed by atoms with E-state index in [4.69, 9.17) is 14.2 Å². The van der Waals surface area contributed by atoms with Gasteiger partial charge in [-0.25, -0.2) is 4.79 Å². The third-order valence-corrected chi connectivity index (χ3v) is 7.63. The largest absolute Gasteiger partial charge is 0.494 e. The molecule has 1 spiro atoms. The van der Waals surface area contributed by atoms with Gasteiger partial charge in [-0.3, -0.25) is 0 Å². The molecule has 0 radical (unpaired) electrons. The number of hydrogen-bond acceptors (Lipinski definition) is 6. The van der Waals surface area contributed by atoms with E-state index in [1.165, 1.54) is 0 Å². The van der Waals surface area contributed by atoms with Gasteiger partial charge in [0.2, 0.25) is 0 Å². The van der Waals surface area contributed by atoms with Gasteiger partial charge in [-0.05, 0) is 50.2 Å². The predicted molar refractivity (Wildman–Crippen MR) is 149 cm³/mol. The van der Waals surface area contributed by atoms with Crippen molar-refractivity contribution < 1.29 is 19.0 Å². The summed E-state index contributed by atoms with van der Waals surface area (Å²) in [5.74, 6) is 1.57. The van der Waals surface area contributed by atoms with Crippen LogP contribution in [-0.2, 0) is 10.3 Å². The van der Waals surface area contributed by atoms with Crippen LogP contribution in [0.1, 0.15) is 40.9 Å². The molecule has 4 aromatic rings. The summed E-state index contributed by atoms with van der Waals surface area (Å²) in [5, 5.41) is 0. The molecule has 4 aromatic carbocycles. The maximum Gasteiger partial charge on any atom is 0.340 e. The Morgan fingerprint density at radius 1 is 0.789 bits per heavy atom. The molecule has 0 aromatic heterocycles. The van der Waals surface area contributed by atoms with Crippen LogP contribution in [0.2, 0.25) is 0 Å². The molecule has 192 valence electrons. The topological polar surface area (TPSA) is 51.2 Å². The van der Waals surface area contributed by atoms with E-state index in [0.717, 1.165) is 46.8 Å². The first-order valence-electron chi connectivity index (χ1n) is 12.9. The summed E-state index contributed by atoms with van der Waals surface area (Å²) >= 11 is 0. The second-order valence-electron chi connectivity index (χ2n) is 9.49. The molecule has 6 heteroatoms. The lowest BCUT2D eigenvalue weighted by Gasteiger charge is -2.38. The van der Waals surface area contributed by atoms with Crippen LogP contribution in [0.5, 0.6) is 17.2 Å². The average molecular weight is 507 g/mol. The lowest BCUT2D eigenvalue weighted by atomic mass is 9.77. The van der Waals surface area contributed by atoms with Gasteiger partial charge < -0.3 is 24.0 Å². The highest BCUT2D eigenvalue weighted by Gasteiger charge is 2.54. The normalized spacial score (nSPS) is 16.7. The molecule has 0 N–H and O–H groups in total. The second kappa shape index (κ2) is 9.14. The van der Waals surface area contributed by atoms with Crippen molar-refractivity contribution in [2.75, 3.05) is 37.0 Å². The number of benzene rings is 4. The Kier molecular flexibility index (Phi) is 5.75. The number of carbonyl (C=O) groups is 1. The molecule has 2 aliphatic rings. The van der Waals surface area contributed by atoms with Crippen LogP contribution in [-0.4, -0.2) is 33.2 Å². The van der Waals surface area contributed by atoms with Crippen molar-refractivity contribution in [3.8, 4) is 17.2 Å². The Hall–Kier alpha value is -4.45. The van der Waals surface area contributed by atoms with Gasteiger partial charge in [0.1, 0.15) is 17.2 Å². The van der Waals surface area contributed by atoms with Crippen molar-refractivity contribution in [1.29, 1.82) is 0 Å². The van der Waals surface area contributed by atoms with Gasteiger partial charge in [-0.15, -0.1) is 0 Å². The predicted octanol–water partition coefficient (Wildman–Crippen LogP) is 6.88. The molecule has 0 saturated heterocycles. The third kappa shape index (κ3) is 3.44. The molecule has 6 nitrogen and oxygen atoms in total. The Morgan fingerprint density at radius 2 is 1.50 bits per heavy atom. The van der Waals surface area contributed by atoms with E-state index < -0.39 is 5.60 Å². The van der Waals surface area contributed by atoms with E-state index in [9.17, 15) is 4.79 Å². The van der Waals surface area contributed by atoms with Gasteiger partial charge in [-0.1, -0.05) is 36.4 Å². The minimum atomic E-state index is -1.14. The smallest absolute Gasteiger partial charge is 0.340 e. The van der Waals surface area contributed by atoms with Crippen molar-refractivity contribution in [2.24, 2.45) is 0 Å². The lowest BCUT2D eigenvalue weighted by Crippen LogP contribution is -2.33. The number of carbonyl (C=O) groups excluding carboxylic acids is 1. The summed E-state index contributed by atoms with van der Waals surface area (Å²) in [7, 11) is 3.65. The van der Waals surface area contributed by atoms with Crippen molar-refractivity contribution in [3.63, 3.8) is 0 Å². The third-order valence-electron chi connectivity index (χ3n) is 7.63. The number of hydrogen-bond donors (Lipinski definition) is 0. The van der Waals surface area contributed by atoms with Crippen LogP contribution >= 0.6 is 0 Å². The van der Waals surface area contributed by atoms with Crippen LogP contribution in [0.25, 0.3) is 0 Å². The molecule has 0 aliphatic carbocycles. The zero-order valence-electron chi connectivity index (χ0n) is 22.0. The fourth-order valence-electron chi connectivity index (χ4n) is 5.68. The van der Waals surface area contributed by atoms with E-state index in [-0.39, 0.29) is 5.97 Å². The highest BCUT2D eigenvalue weighted by atomic mass is 16.6. The van der Waals surface area contributed by atoms with Gasteiger partial charge >= 0.3 is 5.97 Å². The van der Waals surface area contributed by atoms with E-state index in [0.29, 0.717) is 22.8 Å². The number of anilines is 3. The SMILES string of the molecule is CCN(CC)c1ccc2c(c1)Oc1cc(OC)c(N(C)c3ccccc3)cc1C21OC(=O)c2ccccc21. The number of esters is 1. The number of rotatable bonds is 6. The molecule has 0 amide bonds.